The number of urea groups is 1. The molecule has 3 aromatic carbocycles. The molecule has 0 aromatic heterocycles. The van der Waals surface area contributed by atoms with Crippen molar-refractivity contribution in [1.29, 1.82) is 0 Å². The van der Waals surface area contributed by atoms with Crippen molar-refractivity contribution in [2.24, 2.45) is 0 Å². The largest absolute Gasteiger partial charge is 0.489 e. The van der Waals surface area contributed by atoms with Crippen molar-refractivity contribution in [3.8, 4) is 5.75 Å². The summed E-state index contributed by atoms with van der Waals surface area (Å²) < 4.78 is 20.0. The summed E-state index contributed by atoms with van der Waals surface area (Å²) in [7, 11) is 0. The summed E-state index contributed by atoms with van der Waals surface area (Å²) in [6.45, 7) is 4.50. The predicted octanol–water partition coefficient (Wildman–Crippen LogP) is 4.69. The molecular weight excluding hydrogens is 423 g/mol. The summed E-state index contributed by atoms with van der Waals surface area (Å²) in [6.07, 6.45) is 1.35. The maximum Gasteiger partial charge on any atom is 0.336 e. The summed E-state index contributed by atoms with van der Waals surface area (Å²) in [5.41, 5.74) is 3.50. The van der Waals surface area contributed by atoms with Crippen LogP contribution < -0.4 is 15.0 Å². The number of halogens is 1. The number of imide groups is 2. The zero-order valence-corrected chi connectivity index (χ0v) is 18.1. The fourth-order valence-electron chi connectivity index (χ4n) is 3.40. The van der Waals surface area contributed by atoms with E-state index in [4.69, 9.17) is 4.74 Å². The number of para-hydroxylation sites is 1. The van der Waals surface area contributed by atoms with Crippen molar-refractivity contribution in [3.05, 3.63) is 100 Å². The lowest BCUT2D eigenvalue weighted by Crippen LogP contribution is -2.54. The second kappa shape index (κ2) is 9.08. The van der Waals surface area contributed by atoms with Crippen LogP contribution in [0.15, 0.2) is 72.3 Å². The molecule has 0 unspecified atom stereocenters. The topological polar surface area (TPSA) is 75.7 Å². The Bertz CT molecular complexity index is 1280. The molecule has 166 valence electrons. The van der Waals surface area contributed by atoms with Crippen LogP contribution in [0.25, 0.3) is 6.08 Å². The summed E-state index contributed by atoms with van der Waals surface area (Å²) in [5, 5.41) is 2.08. The highest BCUT2D eigenvalue weighted by molar-refractivity contribution is 6.39. The molecule has 4 rings (SSSR count). The molecule has 0 radical (unpaired) electrons. The first kappa shape index (κ1) is 22.0. The number of anilines is 1. The van der Waals surface area contributed by atoms with Crippen molar-refractivity contribution in [3.63, 3.8) is 0 Å². The summed E-state index contributed by atoms with van der Waals surface area (Å²) in [5.74, 6) is -1.87. The molecule has 33 heavy (non-hydrogen) atoms. The van der Waals surface area contributed by atoms with Crippen molar-refractivity contribution in [2.75, 3.05) is 4.90 Å². The van der Waals surface area contributed by atoms with E-state index in [1.54, 1.807) is 24.3 Å². The first-order valence-electron chi connectivity index (χ1n) is 10.3. The summed E-state index contributed by atoms with van der Waals surface area (Å²) in [4.78, 5) is 38.0. The van der Waals surface area contributed by atoms with Crippen LogP contribution in [0.5, 0.6) is 5.75 Å². The normalized spacial score (nSPS) is 15.1. The molecule has 0 atom stereocenters. The van der Waals surface area contributed by atoms with Gasteiger partial charge in [-0.05, 0) is 66.4 Å². The lowest BCUT2D eigenvalue weighted by Gasteiger charge is -2.26. The first-order valence-corrected chi connectivity index (χ1v) is 10.3. The minimum atomic E-state index is -0.998. The van der Waals surface area contributed by atoms with Crippen LogP contribution in [0, 0.1) is 19.7 Å². The Kier molecular flexibility index (Phi) is 6.04. The smallest absolute Gasteiger partial charge is 0.336 e. The van der Waals surface area contributed by atoms with Crippen LogP contribution in [-0.4, -0.2) is 17.8 Å². The highest BCUT2D eigenvalue weighted by Crippen LogP contribution is 2.25. The van der Waals surface area contributed by atoms with Crippen LogP contribution in [0.2, 0.25) is 0 Å². The Labute approximate surface area is 190 Å². The number of aryl methyl sites for hydroxylation is 2. The van der Waals surface area contributed by atoms with E-state index in [1.807, 2.05) is 19.1 Å². The van der Waals surface area contributed by atoms with Gasteiger partial charge in [-0.1, -0.05) is 42.5 Å². The number of nitrogens with one attached hydrogen (secondary N) is 1. The fraction of sp³-hybridized carbons (Fsp3) is 0.115. The van der Waals surface area contributed by atoms with E-state index >= 15 is 0 Å². The van der Waals surface area contributed by atoms with Crippen LogP contribution in [0.4, 0.5) is 14.9 Å². The quantitative estimate of drug-likeness (QED) is 0.458. The summed E-state index contributed by atoms with van der Waals surface area (Å²) >= 11 is 0. The van der Waals surface area contributed by atoms with Gasteiger partial charge in [0.2, 0.25) is 0 Å². The van der Waals surface area contributed by atoms with Gasteiger partial charge in [-0.2, -0.15) is 0 Å². The second-order valence-corrected chi connectivity index (χ2v) is 7.69. The van der Waals surface area contributed by atoms with Gasteiger partial charge in [0, 0.05) is 0 Å². The molecule has 0 aliphatic carbocycles. The predicted molar refractivity (Wildman–Crippen MR) is 122 cm³/mol. The van der Waals surface area contributed by atoms with Crippen molar-refractivity contribution in [1.82, 2.24) is 5.32 Å². The number of hydrogen-bond donors (Lipinski definition) is 1. The SMILES string of the molecule is Cc1ccc(COc2ccc(/C=C3/C(=O)NC(=O)N(c4ccccc4F)C3=O)cc2)cc1C. The molecule has 0 saturated carbocycles. The van der Waals surface area contributed by atoms with Gasteiger partial charge in [-0.25, -0.2) is 14.1 Å². The third-order valence-corrected chi connectivity index (χ3v) is 5.36. The standard InChI is InChI=1S/C26H21FN2O4/c1-16-7-8-19(13-17(16)2)15-33-20-11-9-18(10-12-20)14-21-24(30)28-26(32)29(25(21)31)23-6-4-3-5-22(23)27/h3-14H,15H2,1-2H3,(H,28,30,32)/b21-14-. The number of barbiturate groups is 1. The van der Waals surface area contributed by atoms with Crippen molar-refractivity contribution < 1.29 is 23.5 Å². The molecule has 1 saturated heterocycles. The summed E-state index contributed by atoms with van der Waals surface area (Å²) in [6, 6.07) is 17.3. The minimum Gasteiger partial charge on any atom is -0.489 e. The zero-order chi connectivity index (χ0) is 23.5. The van der Waals surface area contributed by atoms with E-state index in [-0.39, 0.29) is 11.3 Å². The van der Waals surface area contributed by atoms with Gasteiger partial charge < -0.3 is 4.74 Å². The van der Waals surface area contributed by atoms with E-state index in [9.17, 15) is 18.8 Å². The van der Waals surface area contributed by atoms with Gasteiger partial charge in [0.15, 0.2) is 0 Å². The zero-order valence-electron chi connectivity index (χ0n) is 18.1. The van der Waals surface area contributed by atoms with Crippen LogP contribution in [0.3, 0.4) is 0 Å². The van der Waals surface area contributed by atoms with Gasteiger partial charge in [0.1, 0.15) is 23.7 Å². The highest BCUT2D eigenvalue weighted by atomic mass is 19.1. The van der Waals surface area contributed by atoms with Crippen LogP contribution in [-0.2, 0) is 16.2 Å². The fourth-order valence-corrected chi connectivity index (χ4v) is 3.40. The Morgan fingerprint density at radius 1 is 0.939 bits per heavy atom. The molecule has 0 spiro atoms. The van der Waals surface area contributed by atoms with E-state index in [0.29, 0.717) is 22.8 Å². The number of benzene rings is 3. The number of amides is 4. The van der Waals surface area contributed by atoms with Gasteiger partial charge in [-0.15, -0.1) is 0 Å². The molecule has 7 heteroatoms. The number of carbonyl (C=O) groups excluding carboxylic acids is 3. The molecular formula is C26H21FN2O4. The molecule has 1 aliphatic rings. The molecule has 3 aromatic rings. The monoisotopic (exact) mass is 444 g/mol. The Morgan fingerprint density at radius 3 is 2.36 bits per heavy atom. The maximum atomic E-state index is 14.2. The Balaban J connectivity index is 1.52. The first-order chi connectivity index (χ1) is 15.8. The number of ether oxygens (including phenoxy) is 1. The lowest BCUT2D eigenvalue weighted by molar-refractivity contribution is -0.122. The number of nitrogens with zero attached hydrogens (tertiary/aromatic N) is 1. The molecule has 1 aliphatic heterocycles. The highest BCUT2D eigenvalue weighted by Gasteiger charge is 2.37. The molecule has 0 bridgehead atoms. The van der Waals surface area contributed by atoms with E-state index < -0.39 is 23.7 Å². The molecule has 1 heterocycles. The van der Waals surface area contributed by atoms with Gasteiger partial charge in [-0.3, -0.25) is 14.9 Å². The number of hydrogen-bond acceptors (Lipinski definition) is 4. The average molecular weight is 444 g/mol. The second-order valence-electron chi connectivity index (χ2n) is 7.69. The van der Waals surface area contributed by atoms with Crippen LogP contribution in [0.1, 0.15) is 22.3 Å². The van der Waals surface area contributed by atoms with Crippen LogP contribution >= 0.6 is 0 Å². The lowest BCUT2D eigenvalue weighted by atomic mass is 10.1. The molecule has 1 fully saturated rings. The van der Waals surface area contributed by atoms with E-state index in [2.05, 4.69) is 18.3 Å². The molecule has 1 N–H and O–H groups in total. The van der Waals surface area contributed by atoms with E-state index in [1.165, 1.54) is 35.4 Å². The Hall–Kier alpha value is -4.26. The minimum absolute atomic E-state index is 0.228. The average Bonchev–Trinajstić information content (AvgIpc) is 2.79. The molecule has 4 amide bonds. The van der Waals surface area contributed by atoms with Gasteiger partial charge in [0.25, 0.3) is 11.8 Å². The third-order valence-electron chi connectivity index (χ3n) is 5.36. The van der Waals surface area contributed by atoms with Crippen molar-refractivity contribution >= 4 is 29.6 Å². The Morgan fingerprint density at radius 2 is 1.67 bits per heavy atom. The van der Waals surface area contributed by atoms with E-state index in [0.717, 1.165) is 11.6 Å². The maximum absolute atomic E-state index is 14.2. The number of carbonyl (C=O) groups is 3. The molecule has 6 nitrogen and oxygen atoms in total. The van der Waals surface area contributed by atoms with Gasteiger partial charge >= 0.3 is 6.03 Å². The van der Waals surface area contributed by atoms with Gasteiger partial charge in [0.05, 0.1) is 5.69 Å². The third kappa shape index (κ3) is 4.67. The number of rotatable bonds is 5. The van der Waals surface area contributed by atoms with Crippen molar-refractivity contribution in [2.45, 2.75) is 20.5 Å².